The van der Waals surface area contributed by atoms with Crippen LogP contribution in [0.25, 0.3) is 10.8 Å². The van der Waals surface area contributed by atoms with Gasteiger partial charge in [0.25, 0.3) is 0 Å². The second kappa shape index (κ2) is 7.52. The molecule has 0 spiro atoms. The van der Waals surface area contributed by atoms with Crippen molar-refractivity contribution in [3.05, 3.63) is 71.8 Å². The molecular weight excluding hydrogens is 386 g/mol. The van der Waals surface area contributed by atoms with Crippen LogP contribution in [0.1, 0.15) is 36.4 Å². The number of ether oxygens (including phenoxy) is 1. The summed E-state index contributed by atoms with van der Waals surface area (Å²) in [6.07, 6.45) is 0.384. The van der Waals surface area contributed by atoms with Gasteiger partial charge < -0.3 is 10.1 Å². The lowest BCUT2D eigenvalue weighted by atomic mass is 9.95. The number of methoxy groups -OCH3 is 1. The van der Waals surface area contributed by atoms with Crippen molar-refractivity contribution in [2.24, 2.45) is 0 Å². The van der Waals surface area contributed by atoms with Crippen LogP contribution in [0.3, 0.4) is 0 Å². The van der Waals surface area contributed by atoms with Gasteiger partial charge in [0.05, 0.1) is 29.7 Å². The van der Waals surface area contributed by atoms with Crippen LogP contribution in [0.15, 0.2) is 65.6 Å². The van der Waals surface area contributed by atoms with Crippen LogP contribution < -0.4 is 10.1 Å². The minimum Gasteiger partial charge on any atom is -0.497 e. The molecule has 0 radical (unpaired) electrons. The summed E-state index contributed by atoms with van der Waals surface area (Å²) in [5, 5.41) is 5.14. The maximum absolute atomic E-state index is 12.9. The van der Waals surface area contributed by atoms with Gasteiger partial charge in [-0.15, -0.1) is 0 Å². The van der Waals surface area contributed by atoms with Gasteiger partial charge in [0, 0.05) is 0 Å². The Morgan fingerprint density at radius 3 is 2.59 bits per heavy atom. The summed E-state index contributed by atoms with van der Waals surface area (Å²) in [6, 6.07) is 18.4. The molecule has 1 amide bonds. The van der Waals surface area contributed by atoms with E-state index in [1.807, 2.05) is 43.3 Å². The topological polar surface area (TPSA) is 72.5 Å². The minimum absolute atomic E-state index is 0.0428. The molecule has 0 saturated heterocycles. The SMILES string of the molecule is COc1ccc2cc([C@H](C)C(=O)NC3CCS(=O)(=O)c4ccccc43)ccc2c1. The zero-order valence-electron chi connectivity index (χ0n) is 16.4. The Kier molecular flexibility index (Phi) is 5.04. The number of rotatable bonds is 4. The number of hydrogen-bond acceptors (Lipinski definition) is 4. The quantitative estimate of drug-likeness (QED) is 0.707. The van der Waals surface area contributed by atoms with Crippen LogP contribution in [0, 0.1) is 0 Å². The highest BCUT2D eigenvalue weighted by molar-refractivity contribution is 7.91. The molecule has 1 heterocycles. The molecule has 1 aliphatic heterocycles. The molecule has 0 aliphatic carbocycles. The zero-order chi connectivity index (χ0) is 20.6. The fourth-order valence-corrected chi connectivity index (χ4v) is 5.45. The van der Waals surface area contributed by atoms with E-state index in [-0.39, 0.29) is 23.6 Å². The van der Waals surface area contributed by atoms with Crippen molar-refractivity contribution in [2.75, 3.05) is 12.9 Å². The molecule has 0 aromatic heterocycles. The maximum Gasteiger partial charge on any atom is 0.227 e. The molecule has 29 heavy (non-hydrogen) atoms. The number of carbonyl (C=O) groups is 1. The molecule has 0 fully saturated rings. The van der Waals surface area contributed by atoms with E-state index in [2.05, 4.69) is 5.32 Å². The Morgan fingerprint density at radius 1 is 1.07 bits per heavy atom. The zero-order valence-corrected chi connectivity index (χ0v) is 17.2. The van der Waals surface area contributed by atoms with Crippen LogP contribution in [0.4, 0.5) is 0 Å². The molecule has 5 nitrogen and oxygen atoms in total. The van der Waals surface area contributed by atoms with Crippen molar-refractivity contribution in [2.45, 2.75) is 30.2 Å². The summed E-state index contributed by atoms with van der Waals surface area (Å²) in [5.41, 5.74) is 1.58. The Morgan fingerprint density at radius 2 is 1.79 bits per heavy atom. The molecule has 1 unspecified atom stereocenters. The number of carbonyl (C=O) groups excluding carboxylic acids is 1. The van der Waals surface area contributed by atoms with Gasteiger partial charge in [-0.2, -0.15) is 0 Å². The second-order valence-corrected chi connectivity index (χ2v) is 9.48. The average molecular weight is 410 g/mol. The Bertz CT molecular complexity index is 1190. The number of sulfone groups is 1. The lowest BCUT2D eigenvalue weighted by Gasteiger charge is -2.27. The normalized spacial score (nSPS) is 18.6. The van der Waals surface area contributed by atoms with Gasteiger partial charge in [0.1, 0.15) is 5.75 Å². The van der Waals surface area contributed by atoms with Crippen molar-refractivity contribution in [3.8, 4) is 5.75 Å². The molecule has 0 bridgehead atoms. The van der Waals surface area contributed by atoms with Gasteiger partial charge in [0.15, 0.2) is 9.84 Å². The van der Waals surface area contributed by atoms with Gasteiger partial charge in [-0.1, -0.05) is 42.5 Å². The molecule has 3 aromatic rings. The summed E-state index contributed by atoms with van der Waals surface area (Å²) in [6.45, 7) is 1.87. The third-order valence-corrected chi connectivity index (χ3v) is 7.40. The van der Waals surface area contributed by atoms with E-state index < -0.39 is 9.84 Å². The highest BCUT2D eigenvalue weighted by Gasteiger charge is 2.31. The molecule has 0 saturated carbocycles. The van der Waals surface area contributed by atoms with E-state index >= 15 is 0 Å². The summed E-state index contributed by atoms with van der Waals surface area (Å²) < 4.78 is 29.9. The molecular formula is C23H23NO4S. The summed E-state index contributed by atoms with van der Waals surface area (Å²) in [4.78, 5) is 13.3. The van der Waals surface area contributed by atoms with E-state index in [4.69, 9.17) is 4.74 Å². The monoisotopic (exact) mass is 409 g/mol. The van der Waals surface area contributed by atoms with Crippen molar-refractivity contribution >= 4 is 26.5 Å². The van der Waals surface area contributed by atoms with Gasteiger partial charge >= 0.3 is 0 Å². The fourth-order valence-electron chi connectivity index (χ4n) is 3.83. The molecule has 1 aliphatic rings. The molecule has 3 aromatic carbocycles. The lowest BCUT2D eigenvalue weighted by molar-refractivity contribution is -0.123. The maximum atomic E-state index is 12.9. The highest BCUT2D eigenvalue weighted by atomic mass is 32.2. The van der Waals surface area contributed by atoms with Crippen molar-refractivity contribution in [1.29, 1.82) is 0 Å². The predicted octanol–water partition coefficient (Wildman–Crippen LogP) is 3.99. The van der Waals surface area contributed by atoms with Gasteiger partial charge in [0.2, 0.25) is 5.91 Å². The van der Waals surface area contributed by atoms with E-state index in [0.29, 0.717) is 16.9 Å². The summed E-state index contributed by atoms with van der Waals surface area (Å²) in [5.74, 6) is 0.368. The van der Waals surface area contributed by atoms with Crippen LogP contribution in [0.2, 0.25) is 0 Å². The van der Waals surface area contributed by atoms with Crippen molar-refractivity contribution in [1.82, 2.24) is 5.32 Å². The third kappa shape index (κ3) is 3.72. The molecule has 2 atom stereocenters. The second-order valence-electron chi connectivity index (χ2n) is 7.40. The van der Waals surface area contributed by atoms with Gasteiger partial charge in [-0.3, -0.25) is 4.79 Å². The number of amides is 1. The van der Waals surface area contributed by atoms with E-state index in [0.717, 1.165) is 22.1 Å². The summed E-state index contributed by atoms with van der Waals surface area (Å²) in [7, 11) is -1.64. The van der Waals surface area contributed by atoms with Gasteiger partial charge in [-0.05, 0) is 53.4 Å². The van der Waals surface area contributed by atoms with E-state index in [1.165, 1.54) is 0 Å². The first kappa shape index (κ1) is 19.5. The average Bonchev–Trinajstić information content (AvgIpc) is 2.74. The van der Waals surface area contributed by atoms with Crippen LogP contribution in [-0.4, -0.2) is 27.2 Å². The third-order valence-electron chi connectivity index (χ3n) is 5.59. The Balaban J connectivity index is 1.57. The number of fused-ring (bicyclic) bond motifs is 2. The predicted molar refractivity (Wildman–Crippen MR) is 113 cm³/mol. The van der Waals surface area contributed by atoms with Crippen LogP contribution in [0.5, 0.6) is 5.75 Å². The standard InChI is InChI=1S/C23H23NO4S/c1-15(16-7-8-18-14-19(28-2)10-9-17(18)13-16)23(25)24-21-11-12-29(26,27)22-6-4-3-5-20(21)22/h3-10,13-15,21H,11-12H2,1-2H3,(H,24,25)/t15-,21?/m0/s1. The number of nitrogens with one attached hydrogen (secondary N) is 1. The largest absolute Gasteiger partial charge is 0.497 e. The van der Waals surface area contributed by atoms with E-state index in [9.17, 15) is 13.2 Å². The minimum atomic E-state index is -3.27. The van der Waals surface area contributed by atoms with Crippen LogP contribution >= 0.6 is 0 Å². The van der Waals surface area contributed by atoms with Gasteiger partial charge in [-0.25, -0.2) is 8.42 Å². The van der Waals surface area contributed by atoms with Crippen molar-refractivity contribution in [3.63, 3.8) is 0 Å². The first-order valence-corrected chi connectivity index (χ1v) is 11.2. The fraction of sp³-hybridized carbons (Fsp3) is 0.261. The van der Waals surface area contributed by atoms with E-state index in [1.54, 1.807) is 31.4 Å². The first-order chi connectivity index (χ1) is 13.9. The first-order valence-electron chi connectivity index (χ1n) is 9.59. The highest BCUT2D eigenvalue weighted by Crippen LogP contribution is 2.33. The number of hydrogen-bond donors (Lipinski definition) is 1. The Labute approximate surface area is 170 Å². The van der Waals surface area contributed by atoms with Crippen LogP contribution in [-0.2, 0) is 14.6 Å². The molecule has 6 heteroatoms. The smallest absolute Gasteiger partial charge is 0.227 e. The molecule has 1 N–H and O–H groups in total. The molecule has 150 valence electrons. The Hall–Kier alpha value is -2.86. The lowest BCUT2D eigenvalue weighted by Crippen LogP contribution is -2.36. The summed E-state index contributed by atoms with van der Waals surface area (Å²) >= 11 is 0. The van der Waals surface area contributed by atoms with Crippen molar-refractivity contribution < 1.29 is 17.9 Å². The molecule has 4 rings (SSSR count). The number of benzene rings is 3.